The number of carbonyl (C=O) groups excluding carboxylic acids is 1. The van der Waals surface area contributed by atoms with E-state index in [0.29, 0.717) is 17.9 Å². The molecule has 17 heavy (non-hydrogen) atoms. The average molecular weight is 234 g/mol. The van der Waals surface area contributed by atoms with Gasteiger partial charge in [0.15, 0.2) is 17.3 Å². The SMILES string of the molecule is COc1cc2c(cc1OC(C)C)C(=O)CCC2. The summed E-state index contributed by atoms with van der Waals surface area (Å²) in [7, 11) is 1.62. The molecule has 1 aliphatic carbocycles. The van der Waals surface area contributed by atoms with E-state index in [2.05, 4.69) is 0 Å². The fourth-order valence-corrected chi connectivity index (χ4v) is 2.15. The lowest BCUT2D eigenvalue weighted by Crippen LogP contribution is -2.13. The number of methoxy groups -OCH3 is 1. The molecule has 0 fully saturated rings. The predicted molar refractivity (Wildman–Crippen MR) is 66.0 cm³/mol. The molecule has 3 heteroatoms. The Balaban J connectivity index is 2.44. The van der Waals surface area contributed by atoms with Crippen LogP contribution in [0, 0.1) is 0 Å². The highest BCUT2D eigenvalue weighted by molar-refractivity contribution is 5.99. The van der Waals surface area contributed by atoms with Crippen molar-refractivity contribution < 1.29 is 14.3 Å². The molecule has 1 aromatic carbocycles. The second-order valence-electron chi connectivity index (χ2n) is 4.60. The molecule has 0 saturated heterocycles. The summed E-state index contributed by atoms with van der Waals surface area (Å²) in [6, 6.07) is 3.76. The highest BCUT2D eigenvalue weighted by atomic mass is 16.5. The number of ketones is 1. The number of rotatable bonds is 3. The van der Waals surface area contributed by atoms with Crippen LogP contribution in [0.15, 0.2) is 12.1 Å². The number of hydrogen-bond donors (Lipinski definition) is 0. The Morgan fingerprint density at radius 1 is 1.18 bits per heavy atom. The van der Waals surface area contributed by atoms with Crippen molar-refractivity contribution in [2.45, 2.75) is 39.2 Å². The van der Waals surface area contributed by atoms with Crippen molar-refractivity contribution in [1.29, 1.82) is 0 Å². The van der Waals surface area contributed by atoms with Crippen molar-refractivity contribution in [1.82, 2.24) is 0 Å². The smallest absolute Gasteiger partial charge is 0.163 e. The third kappa shape index (κ3) is 2.43. The van der Waals surface area contributed by atoms with E-state index in [1.165, 1.54) is 0 Å². The van der Waals surface area contributed by atoms with Crippen LogP contribution in [0.2, 0.25) is 0 Å². The quantitative estimate of drug-likeness (QED) is 0.806. The first-order chi connectivity index (χ1) is 8.11. The average Bonchev–Trinajstić information content (AvgIpc) is 2.29. The first-order valence-corrected chi connectivity index (χ1v) is 6.02. The number of hydrogen-bond acceptors (Lipinski definition) is 3. The van der Waals surface area contributed by atoms with Gasteiger partial charge in [0, 0.05) is 12.0 Å². The minimum atomic E-state index is 0.0700. The molecule has 0 aliphatic heterocycles. The summed E-state index contributed by atoms with van der Waals surface area (Å²) in [6.07, 6.45) is 2.58. The largest absolute Gasteiger partial charge is 0.493 e. The van der Waals surface area contributed by atoms with Gasteiger partial charge in [-0.2, -0.15) is 0 Å². The zero-order valence-electron chi connectivity index (χ0n) is 10.6. The molecule has 0 amide bonds. The van der Waals surface area contributed by atoms with Crippen molar-refractivity contribution in [3.8, 4) is 11.5 Å². The molecule has 2 rings (SSSR count). The fraction of sp³-hybridized carbons (Fsp3) is 0.500. The second kappa shape index (κ2) is 4.78. The molecule has 0 N–H and O–H groups in total. The number of ether oxygens (including phenoxy) is 2. The third-order valence-corrected chi connectivity index (χ3v) is 2.90. The van der Waals surface area contributed by atoms with E-state index in [1.54, 1.807) is 7.11 Å². The molecule has 1 aromatic rings. The normalized spacial score (nSPS) is 14.7. The first kappa shape index (κ1) is 12.0. The Morgan fingerprint density at radius 3 is 2.59 bits per heavy atom. The summed E-state index contributed by atoms with van der Waals surface area (Å²) in [6.45, 7) is 3.92. The van der Waals surface area contributed by atoms with Gasteiger partial charge in [0.05, 0.1) is 13.2 Å². The predicted octanol–water partition coefficient (Wildman–Crippen LogP) is 3.00. The van der Waals surface area contributed by atoms with Gasteiger partial charge in [0.2, 0.25) is 0 Å². The van der Waals surface area contributed by atoms with E-state index in [-0.39, 0.29) is 11.9 Å². The van der Waals surface area contributed by atoms with Crippen LogP contribution >= 0.6 is 0 Å². The molecule has 0 saturated carbocycles. The van der Waals surface area contributed by atoms with Crippen LogP contribution in [0.25, 0.3) is 0 Å². The monoisotopic (exact) mass is 234 g/mol. The van der Waals surface area contributed by atoms with Crippen molar-refractivity contribution >= 4 is 5.78 Å². The molecule has 0 spiro atoms. The molecule has 0 radical (unpaired) electrons. The third-order valence-electron chi connectivity index (χ3n) is 2.90. The Kier molecular flexibility index (Phi) is 3.36. The molecule has 0 heterocycles. The fourth-order valence-electron chi connectivity index (χ4n) is 2.15. The van der Waals surface area contributed by atoms with Gasteiger partial charge in [0.1, 0.15) is 0 Å². The Bertz CT molecular complexity index is 435. The van der Waals surface area contributed by atoms with E-state index >= 15 is 0 Å². The van der Waals surface area contributed by atoms with Crippen LogP contribution in [-0.2, 0) is 6.42 Å². The van der Waals surface area contributed by atoms with Crippen LogP contribution < -0.4 is 9.47 Å². The van der Waals surface area contributed by atoms with Crippen molar-refractivity contribution in [3.63, 3.8) is 0 Å². The molecule has 0 bridgehead atoms. The van der Waals surface area contributed by atoms with Crippen molar-refractivity contribution in [3.05, 3.63) is 23.3 Å². The molecule has 0 aromatic heterocycles. The Hall–Kier alpha value is -1.51. The lowest BCUT2D eigenvalue weighted by molar-refractivity contribution is 0.0971. The van der Waals surface area contributed by atoms with E-state index in [1.807, 2.05) is 26.0 Å². The Morgan fingerprint density at radius 2 is 1.94 bits per heavy atom. The summed E-state index contributed by atoms with van der Waals surface area (Å²) < 4.78 is 11.0. The van der Waals surface area contributed by atoms with E-state index in [4.69, 9.17) is 9.47 Å². The van der Waals surface area contributed by atoms with Crippen LogP contribution in [0.1, 0.15) is 42.6 Å². The summed E-state index contributed by atoms with van der Waals surface area (Å²) in [5, 5.41) is 0. The van der Waals surface area contributed by atoms with Gasteiger partial charge < -0.3 is 9.47 Å². The maximum Gasteiger partial charge on any atom is 0.163 e. The van der Waals surface area contributed by atoms with E-state index < -0.39 is 0 Å². The number of Topliss-reactive ketones (excluding diaryl/α,β-unsaturated/α-hetero) is 1. The maximum atomic E-state index is 11.8. The zero-order valence-corrected chi connectivity index (χ0v) is 10.6. The molecule has 92 valence electrons. The summed E-state index contributed by atoms with van der Waals surface area (Å²) in [5.41, 5.74) is 1.88. The minimum Gasteiger partial charge on any atom is -0.493 e. The van der Waals surface area contributed by atoms with Gasteiger partial charge in [-0.1, -0.05) is 0 Å². The van der Waals surface area contributed by atoms with Crippen LogP contribution in [-0.4, -0.2) is 19.0 Å². The number of fused-ring (bicyclic) bond motifs is 1. The summed E-state index contributed by atoms with van der Waals surface area (Å²) in [4.78, 5) is 11.8. The van der Waals surface area contributed by atoms with Crippen molar-refractivity contribution in [2.75, 3.05) is 7.11 Å². The van der Waals surface area contributed by atoms with Gasteiger partial charge in [0.25, 0.3) is 0 Å². The lowest BCUT2D eigenvalue weighted by atomic mass is 9.90. The summed E-state index contributed by atoms with van der Waals surface area (Å²) in [5.74, 6) is 1.59. The molecular weight excluding hydrogens is 216 g/mol. The van der Waals surface area contributed by atoms with Gasteiger partial charge in [-0.25, -0.2) is 0 Å². The zero-order chi connectivity index (χ0) is 12.4. The lowest BCUT2D eigenvalue weighted by Gasteiger charge is -2.19. The maximum absolute atomic E-state index is 11.8. The van der Waals surface area contributed by atoms with Crippen molar-refractivity contribution in [2.24, 2.45) is 0 Å². The number of aryl methyl sites for hydroxylation is 1. The molecule has 0 unspecified atom stereocenters. The van der Waals surface area contributed by atoms with Crippen LogP contribution in [0.3, 0.4) is 0 Å². The standard InChI is InChI=1S/C14H18O3/c1-9(2)17-14-8-11-10(7-13(14)16-3)5-4-6-12(11)15/h7-9H,4-6H2,1-3H3. The van der Waals surface area contributed by atoms with Gasteiger partial charge >= 0.3 is 0 Å². The minimum absolute atomic E-state index is 0.0700. The van der Waals surface area contributed by atoms with Gasteiger partial charge in [-0.15, -0.1) is 0 Å². The number of benzene rings is 1. The van der Waals surface area contributed by atoms with E-state index in [0.717, 1.165) is 24.0 Å². The molecule has 1 aliphatic rings. The Labute approximate surface area is 102 Å². The highest BCUT2D eigenvalue weighted by Gasteiger charge is 2.20. The number of carbonyl (C=O) groups is 1. The first-order valence-electron chi connectivity index (χ1n) is 6.02. The van der Waals surface area contributed by atoms with Crippen LogP contribution in [0.5, 0.6) is 11.5 Å². The second-order valence-corrected chi connectivity index (χ2v) is 4.60. The highest BCUT2D eigenvalue weighted by Crippen LogP contribution is 2.34. The topological polar surface area (TPSA) is 35.5 Å². The van der Waals surface area contributed by atoms with Gasteiger partial charge in [-0.3, -0.25) is 4.79 Å². The van der Waals surface area contributed by atoms with Gasteiger partial charge in [-0.05, 0) is 44.4 Å². The van der Waals surface area contributed by atoms with E-state index in [9.17, 15) is 4.79 Å². The van der Waals surface area contributed by atoms with Crippen LogP contribution in [0.4, 0.5) is 0 Å². The molecular formula is C14H18O3. The summed E-state index contributed by atoms with van der Waals surface area (Å²) >= 11 is 0. The molecule has 3 nitrogen and oxygen atoms in total. The molecule has 0 atom stereocenters.